The van der Waals surface area contributed by atoms with Gasteiger partial charge in [-0.15, -0.1) is 0 Å². The molecule has 1 heterocycles. The molecule has 0 radical (unpaired) electrons. The van der Waals surface area contributed by atoms with Gasteiger partial charge in [0.2, 0.25) is 0 Å². The Kier molecular flexibility index (Phi) is 6.05. The maximum absolute atomic E-state index is 9.63. The molecule has 1 fully saturated rings. The number of nitrogens with zero attached hydrogens (tertiary/aromatic N) is 2. The van der Waals surface area contributed by atoms with E-state index in [4.69, 9.17) is 4.74 Å². The van der Waals surface area contributed by atoms with Gasteiger partial charge in [-0.05, 0) is 60.7 Å². The minimum absolute atomic E-state index is 0.256. The highest BCUT2D eigenvalue weighted by atomic mass is 79.9. The van der Waals surface area contributed by atoms with Crippen molar-refractivity contribution in [3.8, 4) is 5.75 Å². The van der Waals surface area contributed by atoms with Crippen molar-refractivity contribution in [2.24, 2.45) is 5.92 Å². The van der Waals surface area contributed by atoms with Crippen LogP contribution in [0.25, 0.3) is 0 Å². The average Bonchev–Trinajstić information content (AvgIpc) is 2.47. The zero-order chi connectivity index (χ0) is 15.4. The zero-order valence-corrected chi connectivity index (χ0v) is 14.6. The first-order valence-electron chi connectivity index (χ1n) is 7.37. The van der Waals surface area contributed by atoms with Gasteiger partial charge in [0.15, 0.2) is 0 Å². The first-order chi connectivity index (χ1) is 10.0. The number of hydrogen-bond donors (Lipinski definition) is 1. The smallest absolute Gasteiger partial charge is 0.133 e. The van der Waals surface area contributed by atoms with E-state index in [1.165, 1.54) is 5.56 Å². The first-order valence-corrected chi connectivity index (χ1v) is 8.16. The number of piperidine rings is 1. The number of ether oxygens (including phenoxy) is 1. The summed E-state index contributed by atoms with van der Waals surface area (Å²) in [5.74, 6) is 1.19. The number of hydrogen-bond acceptors (Lipinski definition) is 4. The van der Waals surface area contributed by atoms with E-state index in [1.54, 1.807) is 7.11 Å². The van der Waals surface area contributed by atoms with Gasteiger partial charge in [0.05, 0.1) is 11.6 Å². The number of aliphatic hydroxyl groups is 1. The van der Waals surface area contributed by atoms with Crippen molar-refractivity contribution in [3.05, 3.63) is 28.2 Å². The Hall–Kier alpha value is -0.620. The predicted molar refractivity (Wildman–Crippen MR) is 88.6 cm³/mol. The molecule has 0 aromatic heterocycles. The van der Waals surface area contributed by atoms with Gasteiger partial charge in [-0.25, -0.2) is 0 Å². The summed E-state index contributed by atoms with van der Waals surface area (Å²) < 4.78 is 6.26. The quantitative estimate of drug-likeness (QED) is 0.877. The van der Waals surface area contributed by atoms with E-state index < -0.39 is 0 Å². The predicted octanol–water partition coefficient (Wildman–Crippen LogP) is 2.20. The molecule has 1 aliphatic heterocycles. The summed E-state index contributed by atoms with van der Waals surface area (Å²) in [6.45, 7) is 3.19. The maximum atomic E-state index is 9.63. The number of benzene rings is 1. The van der Waals surface area contributed by atoms with Crippen LogP contribution in [0, 0.1) is 5.92 Å². The number of methoxy groups -OCH3 is 1. The first kappa shape index (κ1) is 16.7. The highest BCUT2D eigenvalue weighted by Gasteiger charge is 2.29. The van der Waals surface area contributed by atoms with E-state index in [1.807, 2.05) is 6.07 Å². The molecular weight excluding hydrogens is 332 g/mol. The summed E-state index contributed by atoms with van der Waals surface area (Å²) in [5, 5.41) is 9.63. The van der Waals surface area contributed by atoms with E-state index in [-0.39, 0.29) is 6.61 Å². The minimum Gasteiger partial charge on any atom is -0.496 e. The second-order valence-electron chi connectivity index (χ2n) is 5.97. The summed E-state index contributed by atoms with van der Waals surface area (Å²) in [5.41, 5.74) is 1.27. The Labute approximate surface area is 135 Å². The standard InChI is InChI=1S/C16H25BrN2O2/c1-18(2)15-6-7-19(10-13(15)11-20)9-12-4-5-16(21-3)14(17)8-12/h4-5,8,13,15,20H,6-7,9-11H2,1-3H3. The number of likely N-dealkylation sites (tertiary alicyclic amines) is 1. The number of rotatable bonds is 5. The SMILES string of the molecule is COc1ccc(CN2CCC(N(C)C)C(CO)C2)cc1Br. The molecule has 1 aromatic carbocycles. The van der Waals surface area contributed by atoms with Gasteiger partial charge >= 0.3 is 0 Å². The van der Waals surface area contributed by atoms with Crippen LogP contribution in [0.5, 0.6) is 5.75 Å². The van der Waals surface area contributed by atoms with Crippen LogP contribution in [0.4, 0.5) is 0 Å². The summed E-state index contributed by atoms with van der Waals surface area (Å²) >= 11 is 3.54. The van der Waals surface area contributed by atoms with Gasteiger partial charge in [-0.2, -0.15) is 0 Å². The third-order valence-corrected chi connectivity index (χ3v) is 4.92. The van der Waals surface area contributed by atoms with E-state index in [9.17, 15) is 5.11 Å². The van der Waals surface area contributed by atoms with E-state index in [2.05, 4.69) is 52.0 Å². The van der Waals surface area contributed by atoms with Gasteiger partial charge in [-0.1, -0.05) is 6.07 Å². The molecule has 1 aliphatic rings. The molecule has 4 nitrogen and oxygen atoms in total. The van der Waals surface area contributed by atoms with Crippen LogP contribution < -0.4 is 4.74 Å². The van der Waals surface area contributed by atoms with Crippen LogP contribution in [-0.4, -0.2) is 61.8 Å². The highest BCUT2D eigenvalue weighted by Crippen LogP contribution is 2.27. The Bertz CT molecular complexity index is 468. The molecule has 5 heteroatoms. The van der Waals surface area contributed by atoms with Crippen molar-refractivity contribution in [1.29, 1.82) is 0 Å². The Morgan fingerprint density at radius 2 is 2.19 bits per heavy atom. The van der Waals surface area contributed by atoms with Gasteiger partial charge in [0.1, 0.15) is 5.75 Å². The monoisotopic (exact) mass is 356 g/mol. The summed E-state index contributed by atoms with van der Waals surface area (Å²) in [7, 11) is 5.88. The van der Waals surface area contributed by atoms with E-state index in [0.717, 1.165) is 36.3 Å². The van der Waals surface area contributed by atoms with Crippen LogP contribution >= 0.6 is 15.9 Å². The van der Waals surface area contributed by atoms with Crippen molar-refractivity contribution in [2.45, 2.75) is 19.0 Å². The lowest BCUT2D eigenvalue weighted by atomic mass is 9.91. The molecule has 2 atom stereocenters. The number of halogens is 1. The third-order valence-electron chi connectivity index (χ3n) is 4.30. The second-order valence-corrected chi connectivity index (χ2v) is 6.82. The van der Waals surface area contributed by atoms with Gasteiger partial charge in [-0.3, -0.25) is 4.90 Å². The largest absolute Gasteiger partial charge is 0.496 e. The van der Waals surface area contributed by atoms with Crippen molar-refractivity contribution >= 4 is 15.9 Å². The van der Waals surface area contributed by atoms with Crippen LogP contribution in [0.15, 0.2) is 22.7 Å². The Balaban J connectivity index is 1.99. The molecule has 21 heavy (non-hydrogen) atoms. The number of aliphatic hydroxyl groups excluding tert-OH is 1. The van der Waals surface area contributed by atoms with Gasteiger partial charge < -0.3 is 14.7 Å². The minimum atomic E-state index is 0.256. The topological polar surface area (TPSA) is 35.9 Å². The highest BCUT2D eigenvalue weighted by molar-refractivity contribution is 9.10. The summed E-state index contributed by atoms with van der Waals surface area (Å²) in [6.07, 6.45) is 1.11. The van der Waals surface area contributed by atoms with Crippen LogP contribution in [-0.2, 0) is 6.54 Å². The van der Waals surface area contributed by atoms with Gasteiger partial charge in [0.25, 0.3) is 0 Å². The lowest BCUT2D eigenvalue weighted by molar-refractivity contribution is 0.0454. The van der Waals surface area contributed by atoms with Crippen LogP contribution in [0.3, 0.4) is 0 Å². The molecular formula is C16H25BrN2O2. The molecule has 1 saturated heterocycles. The molecule has 0 amide bonds. The zero-order valence-electron chi connectivity index (χ0n) is 13.1. The van der Waals surface area contributed by atoms with E-state index >= 15 is 0 Å². The van der Waals surface area contributed by atoms with E-state index in [0.29, 0.717) is 12.0 Å². The molecule has 1 aromatic rings. The fourth-order valence-electron chi connectivity index (χ4n) is 3.16. The van der Waals surface area contributed by atoms with Crippen molar-refractivity contribution in [1.82, 2.24) is 9.80 Å². The molecule has 1 N–H and O–H groups in total. The summed E-state index contributed by atoms with van der Waals surface area (Å²) in [4.78, 5) is 4.66. The summed E-state index contributed by atoms with van der Waals surface area (Å²) in [6, 6.07) is 6.70. The van der Waals surface area contributed by atoms with Crippen molar-refractivity contribution in [3.63, 3.8) is 0 Å². The lowest BCUT2D eigenvalue weighted by Crippen LogP contribution is -2.49. The third kappa shape index (κ3) is 4.19. The van der Waals surface area contributed by atoms with Crippen molar-refractivity contribution in [2.75, 3.05) is 40.9 Å². The fourth-order valence-corrected chi connectivity index (χ4v) is 3.75. The fraction of sp³-hybridized carbons (Fsp3) is 0.625. The lowest BCUT2D eigenvalue weighted by Gasteiger charge is -2.41. The molecule has 0 saturated carbocycles. The molecule has 0 aliphatic carbocycles. The molecule has 2 rings (SSSR count). The molecule has 2 unspecified atom stereocenters. The maximum Gasteiger partial charge on any atom is 0.133 e. The molecule has 0 bridgehead atoms. The van der Waals surface area contributed by atoms with Crippen molar-refractivity contribution < 1.29 is 9.84 Å². The normalized spacial score (nSPS) is 23.5. The van der Waals surface area contributed by atoms with Crippen LogP contribution in [0.1, 0.15) is 12.0 Å². The molecule has 118 valence electrons. The Morgan fingerprint density at radius 1 is 1.43 bits per heavy atom. The van der Waals surface area contributed by atoms with Gasteiger partial charge in [0, 0.05) is 31.7 Å². The average molecular weight is 357 g/mol. The molecule has 0 spiro atoms. The second kappa shape index (κ2) is 7.58. The van der Waals surface area contributed by atoms with Crippen LogP contribution in [0.2, 0.25) is 0 Å². The Morgan fingerprint density at radius 3 is 2.76 bits per heavy atom.